The number of likely N-dealkylation sites (tertiary alicyclic amines) is 1. The van der Waals surface area contributed by atoms with Crippen LogP contribution in [0.25, 0.3) is 16.5 Å². The maximum atomic E-state index is 13.4. The molecule has 164 valence electrons. The number of allylic oxidation sites excluding steroid dienone is 1. The Balaban J connectivity index is 1.24. The number of fused-ring (bicyclic) bond motifs is 1. The average molecular weight is 425 g/mol. The monoisotopic (exact) mass is 424 g/mol. The molecule has 4 rings (SSSR count). The Hall–Kier alpha value is -2.86. The van der Waals surface area contributed by atoms with Gasteiger partial charge in [0, 0.05) is 23.9 Å². The van der Waals surface area contributed by atoms with Gasteiger partial charge in [-0.1, -0.05) is 23.4 Å². The molecular weight excluding hydrogens is 395 g/mol. The Kier molecular flexibility index (Phi) is 6.56. The number of methoxy groups -OCH3 is 1. The molecular formula is C25H29FN2O3. The molecule has 0 radical (unpaired) electrons. The summed E-state index contributed by atoms with van der Waals surface area (Å²) in [6.07, 6.45) is 2.99. The number of hydrogen-bond acceptors (Lipinski definition) is 5. The molecule has 2 aromatic carbocycles. The van der Waals surface area contributed by atoms with E-state index in [9.17, 15) is 4.39 Å². The van der Waals surface area contributed by atoms with Crippen LogP contribution in [0.1, 0.15) is 43.4 Å². The van der Waals surface area contributed by atoms with Crippen LogP contribution < -0.4 is 9.47 Å². The van der Waals surface area contributed by atoms with Gasteiger partial charge >= 0.3 is 0 Å². The molecule has 0 bridgehead atoms. The van der Waals surface area contributed by atoms with Crippen LogP contribution in [0.3, 0.4) is 0 Å². The van der Waals surface area contributed by atoms with Gasteiger partial charge in [0.2, 0.25) is 0 Å². The largest absolute Gasteiger partial charge is 0.493 e. The lowest BCUT2D eigenvalue weighted by Crippen LogP contribution is -2.34. The molecule has 0 N–H and O–H groups in total. The number of rotatable bonds is 8. The molecule has 6 heteroatoms. The Morgan fingerprint density at radius 2 is 2.00 bits per heavy atom. The Labute approximate surface area is 182 Å². The summed E-state index contributed by atoms with van der Waals surface area (Å²) in [5.74, 6) is 1.56. The lowest BCUT2D eigenvalue weighted by molar-refractivity contribution is 0.189. The SMILES string of the molecule is C=C(C)c1ccc(OCCCN2CCC(c3noc4cc(F)ccc34)CC2)c(OC)c1. The summed E-state index contributed by atoms with van der Waals surface area (Å²) in [6.45, 7) is 9.60. The van der Waals surface area contributed by atoms with Crippen LogP contribution in [0.4, 0.5) is 4.39 Å². The van der Waals surface area contributed by atoms with Crippen molar-refractivity contribution in [2.45, 2.75) is 32.1 Å². The molecule has 1 aromatic heterocycles. The number of benzene rings is 2. The van der Waals surface area contributed by atoms with Gasteiger partial charge in [-0.05, 0) is 69.1 Å². The molecule has 0 amide bonds. The minimum atomic E-state index is -0.295. The highest BCUT2D eigenvalue weighted by atomic mass is 19.1. The van der Waals surface area contributed by atoms with Gasteiger partial charge < -0.3 is 18.9 Å². The van der Waals surface area contributed by atoms with Gasteiger partial charge in [0.15, 0.2) is 17.1 Å². The van der Waals surface area contributed by atoms with Crippen LogP contribution in [-0.2, 0) is 0 Å². The lowest BCUT2D eigenvalue weighted by atomic mass is 9.91. The van der Waals surface area contributed by atoms with Crippen LogP contribution in [0.2, 0.25) is 0 Å². The summed E-state index contributed by atoms with van der Waals surface area (Å²) in [4.78, 5) is 2.46. The molecule has 2 heterocycles. The third-order valence-corrected chi connectivity index (χ3v) is 5.97. The third-order valence-electron chi connectivity index (χ3n) is 5.97. The third kappa shape index (κ3) is 4.90. The molecule has 0 aliphatic carbocycles. The van der Waals surface area contributed by atoms with E-state index in [1.807, 2.05) is 25.1 Å². The quantitative estimate of drug-likeness (QED) is 0.437. The Morgan fingerprint density at radius 3 is 2.74 bits per heavy atom. The first-order chi connectivity index (χ1) is 15.0. The first kappa shape index (κ1) is 21.4. The van der Waals surface area contributed by atoms with Crippen molar-refractivity contribution < 1.29 is 18.4 Å². The fourth-order valence-electron chi connectivity index (χ4n) is 4.18. The maximum Gasteiger partial charge on any atom is 0.170 e. The van der Waals surface area contributed by atoms with Gasteiger partial charge in [-0.15, -0.1) is 0 Å². The topological polar surface area (TPSA) is 47.7 Å². The summed E-state index contributed by atoms with van der Waals surface area (Å²) in [5.41, 5.74) is 3.54. The van der Waals surface area contributed by atoms with Crippen molar-refractivity contribution in [2.75, 3.05) is 33.4 Å². The van der Waals surface area contributed by atoms with Crippen LogP contribution in [-0.4, -0.2) is 43.4 Å². The highest BCUT2D eigenvalue weighted by Crippen LogP contribution is 2.33. The van der Waals surface area contributed by atoms with E-state index >= 15 is 0 Å². The Bertz CT molecular complexity index is 1050. The van der Waals surface area contributed by atoms with E-state index in [1.54, 1.807) is 13.2 Å². The highest BCUT2D eigenvalue weighted by molar-refractivity contribution is 5.79. The van der Waals surface area contributed by atoms with Crippen LogP contribution in [0.15, 0.2) is 47.5 Å². The molecule has 5 nitrogen and oxygen atoms in total. The van der Waals surface area contributed by atoms with E-state index < -0.39 is 0 Å². The molecule has 1 fully saturated rings. The molecule has 0 unspecified atom stereocenters. The fourth-order valence-corrected chi connectivity index (χ4v) is 4.18. The van der Waals surface area contributed by atoms with Gasteiger partial charge in [0.05, 0.1) is 19.4 Å². The molecule has 31 heavy (non-hydrogen) atoms. The fraction of sp³-hybridized carbons (Fsp3) is 0.400. The number of halogens is 1. The lowest BCUT2D eigenvalue weighted by Gasteiger charge is -2.31. The summed E-state index contributed by atoms with van der Waals surface area (Å²) >= 11 is 0. The second-order valence-electron chi connectivity index (χ2n) is 8.17. The van der Waals surface area contributed by atoms with Crippen molar-refractivity contribution >= 4 is 16.5 Å². The van der Waals surface area contributed by atoms with Crippen molar-refractivity contribution in [3.05, 3.63) is 60.1 Å². The van der Waals surface area contributed by atoms with Gasteiger partial charge in [-0.3, -0.25) is 0 Å². The van der Waals surface area contributed by atoms with Crippen LogP contribution in [0, 0.1) is 5.82 Å². The Morgan fingerprint density at radius 1 is 1.19 bits per heavy atom. The van der Waals surface area contributed by atoms with Crippen molar-refractivity contribution in [2.24, 2.45) is 0 Å². The molecule has 1 aliphatic heterocycles. The molecule has 0 spiro atoms. The number of ether oxygens (including phenoxy) is 2. The van der Waals surface area contributed by atoms with Gasteiger partial charge in [-0.25, -0.2) is 4.39 Å². The van der Waals surface area contributed by atoms with E-state index in [-0.39, 0.29) is 5.82 Å². The normalized spacial score (nSPS) is 15.3. The second kappa shape index (κ2) is 9.52. The summed E-state index contributed by atoms with van der Waals surface area (Å²) in [5, 5.41) is 5.16. The van der Waals surface area contributed by atoms with E-state index in [0.29, 0.717) is 18.1 Å². The van der Waals surface area contributed by atoms with Crippen molar-refractivity contribution in [1.82, 2.24) is 10.1 Å². The van der Waals surface area contributed by atoms with E-state index in [0.717, 1.165) is 72.6 Å². The zero-order chi connectivity index (χ0) is 21.8. The number of hydrogen-bond donors (Lipinski definition) is 0. The first-order valence-electron chi connectivity index (χ1n) is 10.8. The average Bonchev–Trinajstić information content (AvgIpc) is 3.20. The van der Waals surface area contributed by atoms with Gasteiger partial charge in [0.25, 0.3) is 0 Å². The number of nitrogens with zero attached hydrogens (tertiary/aromatic N) is 2. The van der Waals surface area contributed by atoms with Crippen molar-refractivity contribution in [3.8, 4) is 11.5 Å². The van der Waals surface area contributed by atoms with Crippen LogP contribution in [0.5, 0.6) is 11.5 Å². The standard InChI is InChI=1S/C25H29FN2O3/c1-17(2)19-5-8-22(24(15-19)29-3)30-14-4-11-28-12-9-18(10-13-28)25-21-7-6-20(26)16-23(21)31-27-25/h5-8,15-16,18H,1,4,9-14H2,2-3H3. The summed E-state index contributed by atoms with van der Waals surface area (Å²) in [7, 11) is 1.66. The minimum Gasteiger partial charge on any atom is -0.493 e. The van der Waals surface area contributed by atoms with E-state index in [2.05, 4.69) is 16.6 Å². The molecule has 1 aliphatic rings. The van der Waals surface area contributed by atoms with Crippen LogP contribution >= 0.6 is 0 Å². The summed E-state index contributed by atoms with van der Waals surface area (Å²) in [6, 6.07) is 10.6. The number of piperidine rings is 1. The summed E-state index contributed by atoms with van der Waals surface area (Å²) < 4.78 is 30.1. The minimum absolute atomic E-state index is 0.295. The van der Waals surface area contributed by atoms with Gasteiger partial charge in [0.1, 0.15) is 5.82 Å². The smallest absolute Gasteiger partial charge is 0.170 e. The molecule has 0 saturated carbocycles. The molecule has 0 atom stereocenters. The van der Waals surface area contributed by atoms with Crippen molar-refractivity contribution in [3.63, 3.8) is 0 Å². The van der Waals surface area contributed by atoms with Gasteiger partial charge in [-0.2, -0.15) is 0 Å². The van der Waals surface area contributed by atoms with E-state index in [4.69, 9.17) is 14.0 Å². The zero-order valence-corrected chi connectivity index (χ0v) is 18.2. The predicted octanol–water partition coefficient (Wildman–Crippen LogP) is 5.66. The maximum absolute atomic E-state index is 13.4. The highest BCUT2D eigenvalue weighted by Gasteiger charge is 2.25. The molecule has 3 aromatic rings. The zero-order valence-electron chi connectivity index (χ0n) is 18.2. The predicted molar refractivity (Wildman–Crippen MR) is 120 cm³/mol. The number of aromatic nitrogens is 1. The van der Waals surface area contributed by atoms with Crippen molar-refractivity contribution in [1.29, 1.82) is 0 Å². The van der Waals surface area contributed by atoms with E-state index in [1.165, 1.54) is 12.1 Å². The second-order valence-corrected chi connectivity index (χ2v) is 8.17. The first-order valence-corrected chi connectivity index (χ1v) is 10.8. The molecule has 1 saturated heterocycles.